The number of halogens is 3. The number of rotatable bonds is 7. The number of hydrogen-bond acceptors (Lipinski definition) is 3. The molecule has 1 heterocycles. The minimum atomic E-state index is -2.65. The van der Waals surface area contributed by atoms with Gasteiger partial charge in [0.1, 0.15) is 12.2 Å². The van der Waals surface area contributed by atoms with Crippen LogP contribution in [0.2, 0.25) is 0 Å². The van der Waals surface area contributed by atoms with E-state index in [1.165, 1.54) is 10.7 Å². The molecule has 106 valence electrons. The van der Waals surface area contributed by atoms with Gasteiger partial charge in [0.05, 0.1) is 0 Å². The first kappa shape index (κ1) is 15.6. The van der Waals surface area contributed by atoms with Gasteiger partial charge in [-0.1, -0.05) is 0 Å². The molecule has 1 amide bonds. The zero-order chi connectivity index (χ0) is 14.4. The summed E-state index contributed by atoms with van der Waals surface area (Å²) in [5.74, 6) is -0.353. The van der Waals surface area contributed by atoms with Crippen molar-refractivity contribution in [2.75, 3.05) is 6.54 Å². The molecule has 1 aromatic rings. The third-order valence-corrected chi connectivity index (χ3v) is 2.58. The molecule has 19 heavy (non-hydrogen) atoms. The van der Waals surface area contributed by atoms with Gasteiger partial charge in [-0.25, -0.2) is 8.78 Å². The lowest BCUT2D eigenvalue weighted by Gasteiger charge is -2.05. The van der Waals surface area contributed by atoms with Gasteiger partial charge in [0.2, 0.25) is 11.1 Å². The lowest BCUT2D eigenvalue weighted by Crippen LogP contribution is -2.29. The van der Waals surface area contributed by atoms with E-state index in [1.807, 2.05) is 0 Å². The lowest BCUT2D eigenvalue weighted by molar-refractivity contribution is -0.122. The van der Waals surface area contributed by atoms with Crippen molar-refractivity contribution in [1.29, 1.82) is 0 Å². The Morgan fingerprint density at radius 2 is 2.21 bits per heavy atom. The molecule has 8 heteroatoms. The van der Waals surface area contributed by atoms with Crippen molar-refractivity contribution in [3.63, 3.8) is 0 Å². The van der Waals surface area contributed by atoms with Crippen molar-refractivity contribution >= 4 is 22.8 Å². The fourth-order valence-electron chi connectivity index (χ4n) is 1.45. The van der Waals surface area contributed by atoms with Crippen LogP contribution in [0, 0.1) is 6.92 Å². The molecular weight excluding hydrogens is 280 g/mol. The molecular formula is C11H14ClF2N3O2. The number of nitrogens with one attached hydrogen (secondary N) is 1. The van der Waals surface area contributed by atoms with E-state index in [-0.39, 0.29) is 24.6 Å². The quantitative estimate of drug-likeness (QED) is 0.616. The van der Waals surface area contributed by atoms with Crippen LogP contribution in [0.15, 0.2) is 6.07 Å². The Bertz CT molecular complexity index is 463. The van der Waals surface area contributed by atoms with Gasteiger partial charge in [0, 0.05) is 18.7 Å². The second-order valence-electron chi connectivity index (χ2n) is 3.98. The maximum absolute atomic E-state index is 12.4. The molecule has 0 fully saturated rings. The molecule has 1 rings (SSSR count). The molecule has 0 aliphatic heterocycles. The van der Waals surface area contributed by atoms with Gasteiger partial charge >= 0.3 is 0 Å². The molecule has 1 N–H and O–H groups in total. The maximum atomic E-state index is 12.4. The number of aromatic nitrogens is 2. The first-order valence-electron chi connectivity index (χ1n) is 5.67. The van der Waals surface area contributed by atoms with Gasteiger partial charge < -0.3 is 5.32 Å². The van der Waals surface area contributed by atoms with Crippen LogP contribution in [0.5, 0.6) is 0 Å². The summed E-state index contributed by atoms with van der Waals surface area (Å²) in [5, 5.41) is 5.73. The second kappa shape index (κ2) is 7.18. The van der Waals surface area contributed by atoms with E-state index >= 15 is 0 Å². The summed E-state index contributed by atoms with van der Waals surface area (Å²) in [7, 11) is 0. The highest BCUT2D eigenvalue weighted by Crippen LogP contribution is 2.17. The number of aryl methyl sites for hydroxylation is 1. The Hall–Kier alpha value is -1.50. The van der Waals surface area contributed by atoms with Gasteiger partial charge in [0.25, 0.3) is 6.43 Å². The van der Waals surface area contributed by atoms with Crippen LogP contribution in [-0.2, 0) is 16.1 Å². The fraction of sp³-hybridized carbons (Fsp3) is 0.545. The van der Waals surface area contributed by atoms with Crippen LogP contribution in [0.4, 0.5) is 8.78 Å². The summed E-state index contributed by atoms with van der Waals surface area (Å²) in [4.78, 5) is 22.0. The number of carbonyl (C=O) groups is 2. The summed E-state index contributed by atoms with van der Waals surface area (Å²) < 4.78 is 26.0. The second-order valence-corrected chi connectivity index (χ2v) is 4.40. The third-order valence-electron chi connectivity index (χ3n) is 2.39. The van der Waals surface area contributed by atoms with Crippen LogP contribution in [0.1, 0.15) is 30.7 Å². The number of alkyl halides is 2. The van der Waals surface area contributed by atoms with Crippen LogP contribution in [0.3, 0.4) is 0 Å². The molecule has 0 aromatic carbocycles. The summed E-state index contributed by atoms with van der Waals surface area (Å²) in [5.41, 5.74) is 0.138. The topological polar surface area (TPSA) is 64.0 Å². The zero-order valence-electron chi connectivity index (χ0n) is 10.3. The van der Waals surface area contributed by atoms with Gasteiger partial charge in [-0.2, -0.15) is 5.10 Å². The fourth-order valence-corrected chi connectivity index (χ4v) is 1.58. The number of nitrogens with zero attached hydrogens (tertiary/aromatic N) is 2. The Morgan fingerprint density at radius 3 is 2.74 bits per heavy atom. The van der Waals surface area contributed by atoms with Crippen molar-refractivity contribution in [2.24, 2.45) is 0 Å². The van der Waals surface area contributed by atoms with Crippen LogP contribution < -0.4 is 5.32 Å². The predicted octanol–water partition coefficient (Wildman–Crippen LogP) is 1.79. The third kappa shape index (κ3) is 5.34. The van der Waals surface area contributed by atoms with Crippen molar-refractivity contribution < 1.29 is 18.4 Å². The molecule has 0 unspecified atom stereocenters. The molecule has 5 nitrogen and oxygen atoms in total. The summed E-state index contributed by atoms with van der Waals surface area (Å²) in [6.45, 7) is 1.77. The first-order valence-corrected chi connectivity index (χ1v) is 6.05. The molecule has 0 saturated heterocycles. The molecule has 0 atom stereocenters. The average Bonchev–Trinajstić information content (AvgIpc) is 2.66. The van der Waals surface area contributed by atoms with Gasteiger partial charge in [-0.15, -0.1) is 0 Å². The molecule has 0 aliphatic carbocycles. The van der Waals surface area contributed by atoms with E-state index in [0.717, 1.165) is 0 Å². The SMILES string of the molecule is Cc1cc(C(F)F)nn1CC(=O)NCCCC(=O)Cl. The Balaban J connectivity index is 2.42. The zero-order valence-corrected chi connectivity index (χ0v) is 11.1. The number of carbonyl (C=O) groups excluding carboxylic acids is 2. The van der Waals surface area contributed by atoms with Crippen LogP contribution in [-0.4, -0.2) is 27.5 Å². The summed E-state index contributed by atoms with van der Waals surface area (Å²) in [6, 6.07) is 1.24. The Morgan fingerprint density at radius 1 is 1.53 bits per heavy atom. The minimum absolute atomic E-state index is 0.132. The van der Waals surface area contributed by atoms with Gasteiger partial charge in [0.15, 0.2) is 0 Å². The molecule has 0 aliphatic rings. The summed E-state index contributed by atoms with van der Waals surface area (Å²) in [6.07, 6.45) is -2.04. The minimum Gasteiger partial charge on any atom is -0.354 e. The highest BCUT2D eigenvalue weighted by molar-refractivity contribution is 6.63. The predicted molar refractivity (Wildman–Crippen MR) is 65.0 cm³/mol. The lowest BCUT2D eigenvalue weighted by atomic mass is 10.3. The van der Waals surface area contributed by atoms with Crippen LogP contribution in [0.25, 0.3) is 0 Å². The van der Waals surface area contributed by atoms with Crippen molar-refractivity contribution in [3.8, 4) is 0 Å². The van der Waals surface area contributed by atoms with Gasteiger partial charge in [-0.05, 0) is 31.0 Å². The van der Waals surface area contributed by atoms with Crippen LogP contribution >= 0.6 is 11.6 Å². The first-order chi connectivity index (χ1) is 8.90. The molecule has 1 aromatic heterocycles. The van der Waals surface area contributed by atoms with Crippen molar-refractivity contribution in [3.05, 3.63) is 17.5 Å². The molecule has 0 radical (unpaired) electrons. The highest BCUT2D eigenvalue weighted by atomic mass is 35.5. The number of amides is 1. The number of hydrogen-bond donors (Lipinski definition) is 1. The molecule has 0 saturated carbocycles. The monoisotopic (exact) mass is 293 g/mol. The highest BCUT2D eigenvalue weighted by Gasteiger charge is 2.14. The van der Waals surface area contributed by atoms with E-state index in [4.69, 9.17) is 11.6 Å². The Kier molecular flexibility index (Phi) is 5.88. The average molecular weight is 294 g/mol. The van der Waals surface area contributed by atoms with E-state index in [2.05, 4.69) is 10.4 Å². The molecule has 0 bridgehead atoms. The van der Waals surface area contributed by atoms with Crippen molar-refractivity contribution in [2.45, 2.75) is 32.7 Å². The summed E-state index contributed by atoms with van der Waals surface area (Å²) >= 11 is 5.14. The van der Waals surface area contributed by atoms with E-state index < -0.39 is 11.7 Å². The smallest absolute Gasteiger partial charge is 0.282 e. The van der Waals surface area contributed by atoms with Gasteiger partial charge in [-0.3, -0.25) is 14.3 Å². The van der Waals surface area contributed by atoms with E-state index in [0.29, 0.717) is 18.7 Å². The normalized spacial score (nSPS) is 10.8. The molecule has 0 spiro atoms. The van der Waals surface area contributed by atoms with E-state index in [1.54, 1.807) is 6.92 Å². The maximum Gasteiger partial charge on any atom is 0.282 e. The standard InChI is InChI=1S/C11H14ClF2N3O2/c1-7-5-8(11(13)14)16-17(7)6-10(19)15-4-2-3-9(12)18/h5,11H,2-4,6H2,1H3,(H,15,19). The largest absolute Gasteiger partial charge is 0.354 e. The van der Waals surface area contributed by atoms with Crippen molar-refractivity contribution in [1.82, 2.24) is 15.1 Å². The van der Waals surface area contributed by atoms with E-state index in [9.17, 15) is 18.4 Å². The Labute approximate surface area is 113 Å².